The van der Waals surface area contributed by atoms with Crippen molar-refractivity contribution < 1.29 is 0 Å². The molecule has 1 atom stereocenters. The van der Waals surface area contributed by atoms with Gasteiger partial charge in [0.1, 0.15) is 6.33 Å². The number of hydrogen-bond donors (Lipinski definition) is 0. The fraction of sp³-hybridized carbons (Fsp3) is 0.300. The van der Waals surface area contributed by atoms with Crippen molar-refractivity contribution in [1.29, 1.82) is 0 Å². The Hall–Kier alpha value is -1.51. The first-order valence-electron chi connectivity index (χ1n) is 4.29. The molecular weight excluding hydrogens is 162 g/mol. The van der Waals surface area contributed by atoms with Gasteiger partial charge >= 0.3 is 0 Å². The molecule has 1 aromatic heterocycles. The van der Waals surface area contributed by atoms with E-state index in [0.717, 1.165) is 12.1 Å². The molecule has 1 aliphatic rings. The third kappa shape index (κ3) is 1.80. The molecule has 1 aliphatic heterocycles. The van der Waals surface area contributed by atoms with Gasteiger partial charge in [0, 0.05) is 31.1 Å². The van der Waals surface area contributed by atoms with Gasteiger partial charge in [0.2, 0.25) is 0 Å². The zero-order chi connectivity index (χ0) is 9.10. The Bertz CT molecular complexity index is 340. The van der Waals surface area contributed by atoms with Crippen LogP contribution in [0.15, 0.2) is 35.4 Å². The zero-order valence-corrected chi connectivity index (χ0v) is 7.51. The van der Waals surface area contributed by atoms with Crippen LogP contribution in [0.1, 0.15) is 18.4 Å². The van der Waals surface area contributed by atoms with Crippen molar-refractivity contribution in [2.75, 3.05) is 6.54 Å². The monoisotopic (exact) mass is 173 g/mol. The van der Waals surface area contributed by atoms with E-state index in [2.05, 4.69) is 28.0 Å². The van der Waals surface area contributed by atoms with Crippen molar-refractivity contribution in [2.24, 2.45) is 4.99 Å². The second-order valence-corrected chi connectivity index (χ2v) is 3.18. The van der Waals surface area contributed by atoms with Gasteiger partial charge < -0.3 is 0 Å². The van der Waals surface area contributed by atoms with Crippen molar-refractivity contribution in [3.8, 4) is 0 Å². The molecule has 1 aromatic rings. The predicted molar refractivity (Wildman–Crippen MR) is 51.9 cm³/mol. The van der Waals surface area contributed by atoms with Crippen LogP contribution in [0.4, 0.5) is 0 Å². The number of rotatable bonds is 1. The molecule has 0 saturated heterocycles. The third-order valence-electron chi connectivity index (χ3n) is 2.07. The molecule has 1 unspecified atom stereocenters. The lowest BCUT2D eigenvalue weighted by Crippen LogP contribution is -2.06. The fourth-order valence-corrected chi connectivity index (χ4v) is 1.43. The number of nitrogens with zero attached hydrogens (tertiary/aromatic N) is 3. The van der Waals surface area contributed by atoms with Crippen molar-refractivity contribution in [2.45, 2.75) is 12.8 Å². The number of aliphatic imine (C=N–C) groups is 1. The fourth-order valence-electron chi connectivity index (χ4n) is 1.43. The number of hydrogen-bond acceptors (Lipinski definition) is 3. The Morgan fingerprint density at radius 3 is 2.77 bits per heavy atom. The molecule has 0 saturated carbocycles. The molecule has 3 heteroatoms. The maximum Gasteiger partial charge on any atom is 0.115 e. The minimum Gasteiger partial charge on any atom is -0.292 e. The molecular formula is C10H11N3. The molecule has 2 rings (SSSR count). The molecule has 0 aliphatic carbocycles. The largest absolute Gasteiger partial charge is 0.292 e. The van der Waals surface area contributed by atoms with Gasteiger partial charge in [0.05, 0.1) is 0 Å². The van der Waals surface area contributed by atoms with E-state index < -0.39 is 0 Å². The van der Waals surface area contributed by atoms with Crippen LogP contribution < -0.4 is 0 Å². The maximum absolute atomic E-state index is 4.27. The second-order valence-electron chi connectivity index (χ2n) is 3.18. The van der Waals surface area contributed by atoms with Gasteiger partial charge in [-0.2, -0.15) is 0 Å². The van der Waals surface area contributed by atoms with Gasteiger partial charge in [0.25, 0.3) is 0 Å². The highest BCUT2D eigenvalue weighted by molar-refractivity contribution is 5.79. The van der Waals surface area contributed by atoms with E-state index in [9.17, 15) is 0 Å². The summed E-state index contributed by atoms with van der Waals surface area (Å²) >= 11 is 0. The molecule has 0 spiro atoms. The van der Waals surface area contributed by atoms with E-state index in [1.54, 1.807) is 6.33 Å². The minimum absolute atomic E-state index is 0.353. The Morgan fingerprint density at radius 1 is 1.31 bits per heavy atom. The van der Waals surface area contributed by atoms with E-state index in [4.69, 9.17) is 0 Å². The lowest BCUT2D eigenvalue weighted by Gasteiger charge is -2.13. The van der Waals surface area contributed by atoms with Gasteiger partial charge in [0.15, 0.2) is 0 Å². The van der Waals surface area contributed by atoms with Gasteiger partial charge in [-0.1, -0.05) is 6.08 Å². The molecule has 0 bridgehead atoms. The molecule has 3 nitrogen and oxygen atoms in total. The SMILES string of the molecule is CC1=CC(c2cncnc2)CN=C1. The quantitative estimate of drug-likeness (QED) is 0.646. The Labute approximate surface area is 77.3 Å². The number of allylic oxidation sites excluding steroid dienone is 1. The maximum atomic E-state index is 4.27. The summed E-state index contributed by atoms with van der Waals surface area (Å²) in [6, 6.07) is 0. The first-order valence-corrected chi connectivity index (χ1v) is 4.29. The summed E-state index contributed by atoms with van der Waals surface area (Å²) in [4.78, 5) is 12.3. The smallest absolute Gasteiger partial charge is 0.115 e. The standard InChI is InChI=1S/C10H11N3/c1-8-2-9(4-11-3-8)10-5-12-7-13-6-10/h2-3,5-7,9H,4H2,1H3. The average Bonchev–Trinajstić information content (AvgIpc) is 2.19. The average molecular weight is 173 g/mol. The highest BCUT2D eigenvalue weighted by Gasteiger charge is 2.10. The first kappa shape index (κ1) is 8.10. The van der Waals surface area contributed by atoms with Gasteiger partial charge in [-0.3, -0.25) is 4.99 Å². The van der Waals surface area contributed by atoms with Crippen LogP contribution in [-0.4, -0.2) is 22.7 Å². The number of dihydropyridines is 1. The van der Waals surface area contributed by atoms with E-state index in [-0.39, 0.29) is 0 Å². The predicted octanol–water partition coefficient (Wildman–Crippen LogP) is 1.59. The van der Waals surface area contributed by atoms with Crippen LogP contribution >= 0.6 is 0 Å². The second kappa shape index (κ2) is 3.47. The summed E-state index contributed by atoms with van der Waals surface area (Å²) in [5.41, 5.74) is 2.35. The summed E-state index contributed by atoms with van der Waals surface area (Å²) in [6.45, 7) is 2.87. The van der Waals surface area contributed by atoms with Crippen LogP contribution in [0.3, 0.4) is 0 Å². The molecule has 2 heterocycles. The first-order chi connectivity index (χ1) is 6.36. The van der Waals surface area contributed by atoms with E-state index in [1.807, 2.05) is 18.6 Å². The summed E-state index contributed by atoms with van der Waals surface area (Å²) in [5.74, 6) is 0.353. The van der Waals surface area contributed by atoms with Gasteiger partial charge in [-0.05, 0) is 18.1 Å². The van der Waals surface area contributed by atoms with Crippen LogP contribution in [0.25, 0.3) is 0 Å². The minimum atomic E-state index is 0.353. The van der Waals surface area contributed by atoms with Crippen LogP contribution in [0, 0.1) is 0 Å². The third-order valence-corrected chi connectivity index (χ3v) is 2.07. The molecule has 0 fully saturated rings. The van der Waals surface area contributed by atoms with Gasteiger partial charge in [-0.15, -0.1) is 0 Å². The van der Waals surface area contributed by atoms with Crippen molar-refractivity contribution in [1.82, 2.24) is 9.97 Å². The van der Waals surface area contributed by atoms with E-state index in [1.165, 1.54) is 5.57 Å². The van der Waals surface area contributed by atoms with Crippen LogP contribution in [0.5, 0.6) is 0 Å². The topological polar surface area (TPSA) is 38.1 Å². The van der Waals surface area contributed by atoms with Crippen LogP contribution in [0.2, 0.25) is 0 Å². The molecule has 0 N–H and O–H groups in total. The molecule has 0 aromatic carbocycles. The van der Waals surface area contributed by atoms with E-state index in [0.29, 0.717) is 5.92 Å². The van der Waals surface area contributed by atoms with E-state index >= 15 is 0 Å². The van der Waals surface area contributed by atoms with Gasteiger partial charge in [-0.25, -0.2) is 9.97 Å². The molecule has 13 heavy (non-hydrogen) atoms. The zero-order valence-electron chi connectivity index (χ0n) is 7.51. The molecule has 66 valence electrons. The highest BCUT2D eigenvalue weighted by atomic mass is 14.8. The molecule has 0 radical (unpaired) electrons. The lowest BCUT2D eigenvalue weighted by molar-refractivity contribution is 0.822. The normalized spacial score (nSPS) is 21.3. The lowest BCUT2D eigenvalue weighted by atomic mass is 9.98. The summed E-state index contributed by atoms with van der Waals surface area (Å²) < 4.78 is 0. The van der Waals surface area contributed by atoms with Crippen LogP contribution in [-0.2, 0) is 0 Å². The Morgan fingerprint density at radius 2 is 2.08 bits per heavy atom. The van der Waals surface area contributed by atoms with Crippen molar-refractivity contribution in [3.05, 3.63) is 35.9 Å². The Balaban J connectivity index is 2.24. The summed E-state index contributed by atoms with van der Waals surface area (Å²) in [5, 5.41) is 0. The summed E-state index contributed by atoms with van der Waals surface area (Å²) in [7, 11) is 0. The Kier molecular flexibility index (Phi) is 2.17. The van der Waals surface area contributed by atoms with Crippen molar-refractivity contribution in [3.63, 3.8) is 0 Å². The number of aromatic nitrogens is 2. The summed E-state index contributed by atoms with van der Waals surface area (Å²) in [6.07, 6.45) is 9.35. The van der Waals surface area contributed by atoms with Crippen molar-refractivity contribution >= 4 is 6.21 Å². The molecule has 0 amide bonds. The highest BCUT2D eigenvalue weighted by Crippen LogP contribution is 2.19.